The Kier molecular flexibility index (Phi) is 5.66. The monoisotopic (exact) mass is 396 g/mol. The fraction of sp³-hybridized carbons (Fsp3) is 0.0417. The molecule has 0 fully saturated rings. The van der Waals surface area contributed by atoms with Gasteiger partial charge in [-0.1, -0.05) is 48.0 Å². The molecule has 1 heterocycles. The molecule has 3 aromatic carbocycles. The molecule has 4 rings (SSSR count). The number of aromatic nitrogens is 2. The Morgan fingerprint density at radius 2 is 1.50 bits per heavy atom. The number of aryl methyl sites for hydroxylation is 1. The normalized spacial score (nSPS) is 10.3. The van der Waals surface area contributed by atoms with Crippen molar-refractivity contribution in [3.8, 4) is 11.5 Å². The first-order chi connectivity index (χ1) is 14.7. The lowest BCUT2D eigenvalue weighted by Gasteiger charge is -2.12. The summed E-state index contributed by atoms with van der Waals surface area (Å²) >= 11 is 0. The van der Waals surface area contributed by atoms with Crippen LogP contribution in [-0.2, 0) is 0 Å². The van der Waals surface area contributed by atoms with Gasteiger partial charge in [0.1, 0.15) is 5.75 Å². The molecule has 1 aromatic heterocycles. The van der Waals surface area contributed by atoms with Crippen LogP contribution in [0.15, 0.2) is 91.3 Å². The van der Waals surface area contributed by atoms with Crippen molar-refractivity contribution < 1.29 is 9.53 Å². The van der Waals surface area contributed by atoms with E-state index in [0.717, 1.165) is 5.69 Å². The zero-order valence-electron chi connectivity index (χ0n) is 16.4. The fourth-order valence-electron chi connectivity index (χ4n) is 2.74. The second kappa shape index (κ2) is 8.87. The van der Waals surface area contributed by atoms with Crippen molar-refractivity contribution in [3.05, 3.63) is 102 Å². The van der Waals surface area contributed by atoms with Crippen molar-refractivity contribution in [2.75, 3.05) is 10.6 Å². The van der Waals surface area contributed by atoms with E-state index in [1.165, 1.54) is 18.0 Å². The molecule has 6 nitrogen and oxygen atoms in total. The molecule has 6 heteroatoms. The summed E-state index contributed by atoms with van der Waals surface area (Å²) in [4.78, 5) is 21.1. The van der Waals surface area contributed by atoms with E-state index in [2.05, 4.69) is 20.6 Å². The molecule has 1 amide bonds. The number of carbonyl (C=O) groups is 1. The van der Waals surface area contributed by atoms with E-state index in [1.54, 1.807) is 12.1 Å². The third-order valence-electron chi connectivity index (χ3n) is 4.33. The van der Waals surface area contributed by atoms with Crippen LogP contribution in [0.25, 0.3) is 0 Å². The minimum Gasteiger partial charge on any atom is -0.455 e. The first-order valence-electron chi connectivity index (χ1n) is 9.46. The van der Waals surface area contributed by atoms with Gasteiger partial charge in [0.05, 0.1) is 11.3 Å². The summed E-state index contributed by atoms with van der Waals surface area (Å²) < 4.78 is 5.88. The first kappa shape index (κ1) is 19.1. The molecule has 0 unspecified atom stereocenters. The van der Waals surface area contributed by atoms with E-state index in [1.807, 2.05) is 73.7 Å². The number of nitrogens with one attached hydrogen (secondary N) is 2. The maximum atomic E-state index is 12.7. The second-order valence-corrected chi connectivity index (χ2v) is 6.65. The molecule has 0 aliphatic heterocycles. The molecule has 0 aliphatic carbocycles. The number of rotatable bonds is 6. The first-order valence-corrected chi connectivity index (χ1v) is 9.46. The van der Waals surface area contributed by atoms with Gasteiger partial charge in [-0.3, -0.25) is 4.79 Å². The number of carbonyl (C=O) groups excluding carboxylic acids is 1. The fourth-order valence-corrected chi connectivity index (χ4v) is 2.74. The van der Waals surface area contributed by atoms with Gasteiger partial charge in [-0.15, -0.1) is 0 Å². The Balaban J connectivity index is 1.44. The molecule has 148 valence electrons. The van der Waals surface area contributed by atoms with Gasteiger partial charge >= 0.3 is 0 Å². The average Bonchev–Trinajstić information content (AvgIpc) is 2.78. The predicted octanol–water partition coefficient (Wildman–Crippen LogP) is 5.57. The number of anilines is 3. The summed E-state index contributed by atoms with van der Waals surface area (Å²) in [5.74, 6) is 1.34. The number of amides is 1. The zero-order chi connectivity index (χ0) is 20.8. The highest BCUT2D eigenvalue weighted by Gasteiger charge is 2.11. The van der Waals surface area contributed by atoms with Gasteiger partial charge in [-0.2, -0.15) is 0 Å². The van der Waals surface area contributed by atoms with E-state index < -0.39 is 0 Å². The van der Waals surface area contributed by atoms with E-state index in [4.69, 9.17) is 4.74 Å². The largest absolute Gasteiger partial charge is 0.455 e. The standard InChI is InChI=1S/C24H20N4O2/c1-17-11-13-19(14-12-17)27-24-25-15-18(16-26-24)23(29)28-21-9-5-6-10-22(21)30-20-7-3-2-4-8-20/h2-16H,1H3,(H,28,29)(H,25,26,27). The van der Waals surface area contributed by atoms with Crippen LogP contribution in [0.4, 0.5) is 17.3 Å². The molecular weight excluding hydrogens is 376 g/mol. The predicted molar refractivity (Wildman–Crippen MR) is 117 cm³/mol. The molecule has 2 N–H and O–H groups in total. The summed E-state index contributed by atoms with van der Waals surface area (Å²) in [6.07, 6.45) is 2.97. The molecule has 30 heavy (non-hydrogen) atoms. The molecule has 0 atom stereocenters. The van der Waals surface area contributed by atoms with E-state index in [9.17, 15) is 4.79 Å². The molecule has 0 saturated carbocycles. The highest BCUT2D eigenvalue weighted by molar-refractivity contribution is 6.04. The highest BCUT2D eigenvalue weighted by atomic mass is 16.5. The zero-order valence-corrected chi connectivity index (χ0v) is 16.4. The van der Waals surface area contributed by atoms with Gasteiger partial charge in [0.25, 0.3) is 5.91 Å². The van der Waals surface area contributed by atoms with Crippen LogP contribution in [0.5, 0.6) is 11.5 Å². The van der Waals surface area contributed by atoms with Crippen LogP contribution in [-0.4, -0.2) is 15.9 Å². The average molecular weight is 396 g/mol. The lowest BCUT2D eigenvalue weighted by molar-refractivity contribution is 0.102. The SMILES string of the molecule is Cc1ccc(Nc2ncc(C(=O)Nc3ccccc3Oc3ccccc3)cn2)cc1. The van der Waals surface area contributed by atoms with Crippen LogP contribution < -0.4 is 15.4 Å². The van der Waals surface area contributed by atoms with Crippen molar-refractivity contribution in [2.45, 2.75) is 6.92 Å². The minimum atomic E-state index is -0.319. The van der Waals surface area contributed by atoms with Gasteiger partial charge in [0, 0.05) is 18.1 Å². The molecule has 0 spiro atoms. The van der Waals surface area contributed by atoms with Gasteiger partial charge in [0.2, 0.25) is 5.95 Å². The van der Waals surface area contributed by atoms with E-state index >= 15 is 0 Å². The van der Waals surface area contributed by atoms with Crippen LogP contribution >= 0.6 is 0 Å². The molecule has 0 bridgehead atoms. The second-order valence-electron chi connectivity index (χ2n) is 6.65. The Labute approximate surface area is 174 Å². The van der Waals surface area contributed by atoms with Crippen molar-refractivity contribution in [1.29, 1.82) is 0 Å². The number of ether oxygens (including phenoxy) is 1. The van der Waals surface area contributed by atoms with Crippen molar-refractivity contribution >= 4 is 23.2 Å². The van der Waals surface area contributed by atoms with E-state index in [-0.39, 0.29) is 5.91 Å². The van der Waals surface area contributed by atoms with Gasteiger partial charge < -0.3 is 15.4 Å². The number of hydrogen-bond donors (Lipinski definition) is 2. The van der Waals surface area contributed by atoms with Crippen molar-refractivity contribution in [3.63, 3.8) is 0 Å². The van der Waals surface area contributed by atoms with Crippen molar-refractivity contribution in [1.82, 2.24) is 9.97 Å². The van der Waals surface area contributed by atoms with Crippen LogP contribution in [0, 0.1) is 6.92 Å². The minimum absolute atomic E-state index is 0.319. The number of nitrogens with zero attached hydrogens (tertiary/aromatic N) is 2. The molecule has 0 radical (unpaired) electrons. The lowest BCUT2D eigenvalue weighted by atomic mass is 10.2. The summed E-state index contributed by atoms with van der Waals surface area (Å²) in [7, 11) is 0. The maximum Gasteiger partial charge on any atom is 0.258 e. The summed E-state index contributed by atoms with van der Waals surface area (Å²) in [6, 6.07) is 24.6. The smallest absolute Gasteiger partial charge is 0.258 e. The van der Waals surface area contributed by atoms with E-state index in [0.29, 0.717) is 28.7 Å². The number of hydrogen-bond acceptors (Lipinski definition) is 5. The summed E-state index contributed by atoms with van der Waals surface area (Å²) in [5, 5.41) is 5.97. The van der Waals surface area contributed by atoms with Gasteiger partial charge in [-0.05, 0) is 43.3 Å². The molecular formula is C24H20N4O2. The lowest BCUT2D eigenvalue weighted by Crippen LogP contribution is -2.13. The summed E-state index contributed by atoms with van der Waals surface area (Å²) in [6.45, 7) is 2.02. The number of benzene rings is 3. The van der Waals surface area contributed by atoms with Crippen LogP contribution in [0.1, 0.15) is 15.9 Å². The Bertz CT molecular complexity index is 1130. The Morgan fingerprint density at radius 3 is 2.23 bits per heavy atom. The Hall–Kier alpha value is -4.19. The molecule has 4 aromatic rings. The maximum absolute atomic E-state index is 12.7. The van der Waals surface area contributed by atoms with Crippen LogP contribution in [0.2, 0.25) is 0 Å². The Morgan fingerprint density at radius 1 is 0.833 bits per heavy atom. The topological polar surface area (TPSA) is 76.1 Å². The van der Waals surface area contributed by atoms with Gasteiger partial charge in [0.15, 0.2) is 5.75 Å². The summed E-state index contributed by atoms with van der Waals surface area (Å²) in [5.41, 5.74) is 2.96. The quantitative estimate of drug-likeness (QED) is 0.445. The van der Waals surface area contributed by atoms with Crippen molar-refractivity contribution in [2.24, 2.45) is 0 Å². The third-order valence-corrected chi connectivity index (χ3v) is 4.33. The van der Waals surface area contributed by atoms with Crippen LogP contribution in [0.3, 0.4) is 0 Å². The molecule has 0 saturated heterocycles. The third kappa shape index (κ3) is 4.80. The highest BCUT2D eigenvalue weighted by Crippen LogP contribution is 2.29. The number of para-hydroxylation sites is 3. The molecule has 0 aliphatic rings. The van der Waals surface area contributed by atoms with Gasteiger partial charge in [-0.25, -0.2) is 9.97 Å².